The van der Waals surface area contributed by atoms with E-state index in [4.69, 9.17) is 28.9 Å². The molecule has 1 saturated carbocycles. The van der Waals surface area contributed by atoms with E-state index in [2.05, 4.69) is 43.0 Å². The molecule has 0 radical (unpaired) electrons. The molecule has 0 saturated heterocycles. The van der Waals surface area contributed by atoms with Crippen LogP contribution in [0.25, 0.3) is 11.1 Å². The van der Waals surface area contributed by atoms with E-state index in [9.17, 15) is 15.0 Å². The number of oxime groups is 1. The molecule has 0 spiro atoms. The number of fused-ring (bicyclic) bond motifs is 2. The van der Waals surface area contributed by atoms with E-state index in [0.29, 0.717) is 36.5 Å². The molecule has 6 rings (SSSR count). The van der Waals surface area contributed by atoms with Crippen LogP contribution in [0.4, 0.5) is 4.79 Å². The first-order valence-electron chi connectivity index (χ1n) is 20.5. The number of ether oxygens (including phenoxy) is 4. The maximum Gasteiger partial charge on any atom is 0.409 e. The van der Waals surface area contributed by atoms with Crippen molar-refractivity contribution in [3.63, 3.8) is 0 Å². The predicted octanol–water partition coefficient (Wildman–Crippen LogP) is 9.67. The van der Waals surface area contributed by atoms with Gasteiger partial charge in [-0.15, -0.1) is 6.58 Å². The Balaban J connectivity index is 1.52. The molecule has 1 fully saturated rings. The molecular weight excluding hydrogens is 721 g/mol. The van der Waals surface area contributed by atoms with Gasteiger partial charge in [0, 0.05) is 38.2 Å². The van der Waals surface area contributed by atoms with E-state index in [1.54, 1.807) is 24.9 Å². The summed E-state index contributed by atoms with van der Waals surface area (Å²) in [6, 6.07) is 23.6. The highest BCUT2D eigenvalue weighted by Crippen LogP contribution is 2.62. The predicted molar refractivity (Wildman–Crippen MR) is 223 cm³/mol. The van der Waals surface area contributed by atoms with Gasteiger partial charge in [0.1, 0.15) is 28.9 Å². The second kappa shape index (κ2) is 18.7. The highest BCUT2D eigenvalue weighted by molar-refractivity contribution is 6.03. The van der Waals surface area contributed by atoms with Crippen LogP contribution in [0, 0.1) is 17.8 Å². The molecule has 2 aliphatic carbocycles. The number of aliphatic hydroxyl groups is 2. The number of rotatable bonds is 17. The van der Waals surface area contributed by atoms with Gasteiger partial charge in [0.05, 0.1) is 24.8 Å². The summed E-state index contributed by atoms with van der Waals surface area (Å²) >= 11 is 0. The quantitative estimate of drug-likeness (QED) is 0.0790. The number of carbonyl (C=O) groups excluding carboxylic acids is 1. The normalized spacial score (nSPS) is 24.4. The van der Waals surface area contributed by atoms with Gasteiger partial charge in [-0.1, -0.05) is 72.6 Å². The topological polar surface area (TPSA) is 119 Å². The molecule has 1 heterocycles. The molecule has 10 heteroatoms. The molecule has 6 atom stereocenters. The zero-order valence-corrected chi connectivity index (χ0v) is 34.2. The Morgan fingerprint density at radius 2 is 1.65 bits per heavy atom. The summed E-state index contributed by atoms with van der Waals surface area (Å²) in [6.45, 7) is 12.3. The third-order valence-corrected chi connectivity index (χ3v) is 11.3. The lowest BCUT2D eigenvalue weighted by molar-refractivity contribution is -0.253. The van der Waals surface area contributed by atoms with Gasteiger partial charge in [-0.25, -0.2) is 4.79 Å². The second-order valence-electron chi connectivity index (χ2n) is 16.3. The summed E-state index contributed by atoms with van der Waals surface area (Å²) in [5.41, 5.74) is 4.37. The summed E-state index contributed by atoms with van der Waals surface area (Å²) in [7, 11) is 1.73. The van der Waals surface area contributed by atoms with Gasteiger partial charge in [-0.05, 0) is 112 Å². The van der Waals surface area contributed by atoms with E-state index in [-0.39, 0.29) is 44.2 Å². The molecule has 0 bridgehead atoms. The van der Waals surface area contributed by atoms with Crippen LogP contribution >= 0.6 is 0 Å². The molecule has 57 heavy (non-hydrogen) atoms. The van der Waals surface area contributed by atoms with E-state index in [1.807, 2.05) is 63.2 Å². The lowest BCUT2D eigenvalue weighted by Crippen LogP contribution is -2.69. The molecule has 0 aromatic heterocycles. The van der Waals surface area contributed by atoms with Crippen molar-refractivity contribution in [2.24, 2.45) is 22.9 Å². The molecule has 306 valence electrons. The fraction of sp³-hybridized carbons (Fsp3) is 0.489. The average molecular weight is 781 g/mol. The SMILES string of the molecule is C=CCOC12Oc3ccc(Oc4ccc(-c5ccccc5)cc4)cc3C3C(CCCCO)C(CCCCO)C=C(C(=NOC(C)(C)C)CC1N(C)C(=O)OCC)C32. The number of aliphatic hydroxyl groups excluding tert-OH is 2. The van der Waals surface area contributed by atoms with E-state index in [0.717, 1.165) is 53.7 Å². The zero-order chi connectivity index (χ0) is 40.6. The van der Waals surface area contributed by atoms with Crippen LogP contribution < -0.4 is 9.47 Å². The molecular formula is C47H60N2O8. The van der Waals surface area contributed by atoms with E-state index in [1.165, 1.54) is 0 Å². The molecule has 3 aromatic carbocycles. The Labute approximate surface area is 338 Å². The van der Waals surface area contributed by atoms with Gasteiger partial charge in [-0.2, -0.15) is 0 Å². The minimum atomic E-state index is -1.35. The smallest absolute Gasteiger partial charge is 0.409 e. The van der Waals surface area contributed by atoms with Crippen LogP contribution in [-0.4, -0.2) is 77.8 Å². The monoisotopic (exact) mass is 780 g/mol. The third kappa shape index (κ3) is 9.40. The largest absolute Gasteiger partial charge is 0.459 e. The molecule has 10 nitrogen and oxygen atoms in total. The number of nitrogens with zero attached hydrogens (tertiary/aromatic N) is 2. The summed E-state index contributed by atoms with van der Waals surface area (Å²) in [6.07, 6.45) is 8.60. The van der Waals surface area contributed by atoms with Crippen LogP contribution in [0.2, 0.25) is 0 Å². The first-order chi connectivity index (χ1) is 27.5. The molecule has 2 N–H and O–H groups in total. The van der Waals surface area contributed by atoms with Gasteiger partial charge >= 0.3 is 6.09 Å². The number of amides is 1. The molecule has 3 aliphatic rings. The van der Waals surface area contributed by atoms with Gasteiger partial charge < -0.3 is 38.9 Å². The van der Waals surface area contributed by atoms with Crippen LogP contribution in [0.15, 0.2) is 102 Å². The number of carbonyl (C=O) groups is 1. The lowest BCUT2D eigenvalue weighted by Gasteiger charge is -2.59. The maximum atomic E-state index is 13.6. The lowest BCUT2D eigenvalue weighted by atomic mass is 9.55. The number of unbranched alkanes of at least 4 members (excludes halogenated alkanes) is 2. The van der Waals surface area contributed by atoms with Crippen molar-refractivity contribution in [3.8, 4) is 28.4 Å². The van der Waals surface area contributed by atoms with Crippen LogP contribution in [0.3, 0.4) is 0 Å². The Bertz CT molecular complexity index is 1870. The van der Waals surface area contributed by atoms with E-state index >= 15 is 0 Å². The average Bonchev–Trinajstić information content (AvgIpc) is 3.20. The van der Waals surface area contributed by atoms with Gasteiger partial charge in [0.25, 0.3) is 0 Å². The Morgan fingerprint density at radius 1 is 0.965 bits per heavy atom. The highest BCUT2D eigenvalue weighted by Gasteiger charge is 2.65. The molecule has 1 aliphatic heterocycles. The number of hydrogen-bond acceptors (Lipinski definition) is 9. The first-order valence-corrected chi connectivity index (χ1v) is 20.5. The fourth-order valence-electron chi connectivity index (χ4n) is 8.82. The van der Waals surface area contributed by atoms with Crippen molar-refractivity contribution in [3.05, 3.63) is 103 Å². The van der Waals surface area contributed by atoms with Crippen molar-refractivity contribution in [1.29, 1.82) is 0 Å². The van der Waals surface area contributed by atoms with Crippen molar-refractivity contribution in [1.82, 2.24) is 4.90 Å². The first kappa shape index (κ1) is 42.0. The third-order valence-electron chi connectivity index (χ3n) is 11.3. The van der Waals surface area contributed by atoms with Crippen LogP contribution in [0.5, 0.6) is 17.2 Å². The Hall–Kier alpha value is -4.64. The fourth-order valence-corrected chi connectivity index (χ4v) is 8.82. The Morgan fingerprint density at radius 3 is 2.32 bits per heavy atom. The van der Waals surface area contributed by atoms with Gasteiger partial charge in [-0.3, -0.25) is 0 Å². The van der Waals surface area contributed by atoms with Crippen molar-refractivity contribution in [2.75, 3.05) is 33.5 Å². The number of hydrogen-bond donors (Lipinski definition) is 2. The Kier molecular flexibility index (Phi) is 13.8. The molecule has 3 aromatic rings. The minimum Gasteiger partial charge on any atom is -0.459 e. The summed E-state index contributed by atoms with van der Waals surface area (Å²) in [5, 5.41) is 24.6. The number of likely N-dealkylation sites (N-methyl/N-ethyl adjacent to an activating group) is 1. The van der Waals surface area contributed by atoms with Crippen LogP contribution in [0.1, 0.15) is 84.1 Å². The van der Waals surface area contributed by atoms with Crippen LogP contribution in [-0.2, 0) is 14.3 Å². The summed E-state index contributed by atoms with van der Waals surface area (Å²) in [5.74, 6) is 0.314. The van der Waals surface area contributed by atoms with Gasteiger partial charge in [0.15, 0.2) is 0 Å². The molecule has 6 unspecified atom stereocenters. The summed E-state index contributed by atoms with van der Waals surface area (Å²) in [4.78, 5) is 21.4. The zero-order valence-electron chi connectivity index (χ0n) is 34.2. The number of benzene rings is 3. The second-order valence-corrected chi connectivity index (χ2v) is 16.3. The summed E-state index contributed by atoms with van der Waals surface area (Å²) < 4.78 is 26.3. The van der Waals surface area contributed by atoms with Crippen molar-refractivity contribution < 1.29 is 38.8 Å². The van der Waals surface area contributed by atoms with E-state index < -0.39 is 29.4 Å². The maximum absolute atomic E-state index is 13.6. The standard InChI is InChI=1S/C47H60N2O8/c1-7-28-54-47-42(49(6)45(52)53-8-2)31-40(48-57-46(3,4)5)38-29-34(18-12-14-26-50)37(19-13-15-27-51)43(44(38)47)39-30-36(24-25-41(39)56-47)55-35-22-20-33(21-23-35)32-16-10-9-11-17-32/h7,9-11,16-17,20-25,29-30,34,37,42-44,50-51H,1,8,12-15,18-19,26-28,31H2,2-6H3. The van der Waals surface area contributed by atoms with Gasteiger partial charge in [0.2, 0.25) is 5.79 Å². The van der Waals surface area contributed by atoms with Crippen molar-refractivity contribution >= 4 is 11.8 Å². The highest BCUT2D eigenvalue weighted by atomic mass is 16.7. The molecule has 1 amide bonds. The minimum absolute atomic E-state index is 0.0928. The van der Waals surface area contributed by atoms with Crippen molar-refractivity contribution in [2.45, 2.75) is 96.0 Å². The number of allylic oxidation sites excluding steroid dienone is 1.